The summed E-state index contributed by atoms with van der Waals surface area (Å²) in [4.78, 5) is 7.07. The third kappa shape index (κ3) is 6.63. The first-order chi connectivity index (χ1) is 13.2. The van der Waals surface area contributed by atoms with Gasteiger partial charge in [0.05, 0.1) is 17.6 Å². The molecule has 2 heterocycles. The van der Waals surface area contributed by atoms with Crippen molar-refractivity contribution in [1.29, 1.82) is 0 Å². The fourth-order valence-electron chi connectivity index (χ4n) is 3.37. The zero-order valence-electron chi connectivity index (χ0n) is 16.6. The van der Waals surface area contributed by atoms with Gasteiger partial charge in [-0.05, 0) is 49.8 Å². The quantitative estimate of drug-likeness (QED) is 0.311. The smallest absolute Gasteiger partial charge is 0.191 e. The van der Waals surface area contributed by atoms with Gasteiger partial charge in [0.1, 0.15) is 0 Å². The maximum Gasteiger partial charge on any atom is 0.191 e. The number of anilines is 1. The second-order valence-corrected chi connectivity index (χ2v) is 7.93. The van der Waals surface area contributed by atoms with Crippen LogP contribution >= 0.6 is 35.3 Å². The Morgan fingerprint density at radius 2 is 2.07 bits per heavy atom. The molecule has 1 aliphatic heterocycles. The Bertz CT molecular complexity index is 730. The topological polar surface area (TPSA) is 59.9 Å². The third-order valence-electron chi connectivity index (χ3n) is 4.85. The van der Waals surface area contributed by atoms with E-state index in [0.29, 0.717) is 12.6 Å². The second kappa shape index (κ2) is 11.6. The number of nitrogens with one attached hydrogen (secondary N) is 2. The normalized spacial score (nSPS) is 16.4. The maximum absolute atomic E-state index is 10.4. The molecule has 1 saturated heterocycles. The minimum absolute atomic E-state index is 0. The van der Waals surface area contributed by atoms with E-state index in [2.05, 4.69) is 45.0 Å². The molecular formula is C21H31IN4OS. The number of aliphatic hydroxyl groups is 1. The highest BCUT2D eigenvalue weighted by molar-refractivity contribution is 14.0. The Hall–Kier alpha value is -1.32. The molecule has 0 amide bonds. The molecule has 1 unspecified atom stereocenters. The van der Waals surface area contributed by atoms with Gasteiger partial charge in [0.25, 0.3) is 0 Å². The predicted octanol–water partition coefficient (Wildman–Crippen LogP) is 3.93. The summed E-state index contributed by atoms with van der Waals surface area (Å²) in [5.41, 5.74) is 2.07. The molecule has 1 aromatic heterocycles. The number of hydrogen-bond acceptors (Lipinski definition) is 4. The minimum atomic E-state index is -0.582. The highest BCUT2D eigenvalue weighted by atomic mass is 127. The first kappa shape index (κ1) is 23.0. The second-order valence-electron chi connectivity index (χ2n) is 7.01. The Morgan fingerprint density at radius 1 is 1.29 bits per heavy atom. The molecule has 0 bridgehead atoms. The first-order valence-corrected chi connectivity index (χ1v) is 10.6. The third-order valence-corrected chi connectivity index (χ3v) is 5.78. The summed E-state index contributed by atoms with van der Waals surface area (Å²) in [6.45, 7) is 7.38. The summed E-state index contributed by atoms with van der Waals surface area (Å²) in [5, 5.41) is 20.8. The molecular weight excluding hydrogens is 483 g/mol. The van der Waals surface area contributed by atoms with Crippen LogP contribution in [0.4, 0.5) is 5.00 Å². The molecule has 28 heavy (non-hydrogen) atoms. The van der Waals surface area contributed by atoms with Crippen molar-refractivity contribution in [3.05, 3.63) is 52.9 Å². The minimum Gasteiger partial charge on any atom is -0.386 e. The van der Waals surface area contributed by atoms with Gasteiger partial charge in [-0.25, -0.2) is 0 Å². The lowest BCUT2D eigenvalue weighted by Gasteiger charge is -2.33. The Kier molecular flexibility index (Phi) is 9.53. The number of rotatable bonds is 6. The number of piperidine rings is 1. The van der Waals surface area contributed by atoms with Crippen molar-refractivity contribution >= 4 is 46.3 Å². The van der Waals surface area contributed by atoms with Crippen molar-refractivity contribution in [1.82, 2.24) is 10.6 Å². The average molecular weight is 514 g/mol. The lowest BCUT2D eigenvalue weighted by atomic mass is 10.1. The van der Waals surface area contributed by atoms with Gasteiger partial charge in [0, 0.05) is 25.7 Å². The molecule has 1 aromatic carbocycles. The molecule has 1 fully saturated rings. The molecule has 7 heteroatoms. The fourth-order valence-corrected chi connectivity index (χ4v) is 4.15. The largest absolute Gasteiger partial charge is 0.386 e. The number of thiophene rings is 1. The van der Waals surface area contributed by atoms with E-state index in [4.69, 9.17) is 0 Å². The van der Waals surface area contributed by atoms with E-state index >= 15 is 0 Å². The molecule has 3 rings (SSSR count). The molecule has 0 radical (unpaired) electrons. The van der Waals surface area contributed by atoms with Crippen molar-refractivity contribution in [2.45, 2.75) is 38.8 Å². The van der Waals surface area contributed by atoms with Gasteiger partial charge in [-0.1, -0.05) is 29.8 Å². The van der Waals surface area contributed by atoms with Gasteiger partial charge in [-0.3, -0.25) is 4.99 Å². The summed E-state index contributed by atoms with van der Waals surface area (Å²) >= 11 is 1.80. The van der Waals surface area contributed by atoms with Gasteiger partial charge in [-0.15, -0.1) is 35.3 Å². The molecule has 0 aliphatic carbocycles. The van der Waals surface area contributed by atoms with Gasteiger partial charge < -0.3 is 20.6 Å². The van der Waals surface area contributed by atoms with E-state index in [9.17, 15) is 5.11 Å². The Balaban J connectivity index is 0.00000280. The van der Waals surface area contributed by atoms with Crippen LogP contribution in [0.2, 0.25) is 0 Å². The summed E-state index contributed by atoms with van der Waals surface area (Å²) in [7, 11) is 0. The number of guanidine groups is 1. The number of nitrogens with zero attached hydrogens (tertiary/aromatic N) is 2. The van der Waals surface area contributed by atoms with Crippen LogP contribution < -0.4 is 15.5 Å². The number of hydrogen-bond donors (Lipinski definition) is 3. The summed E-state index contributed by atoms with van der Waals surface area (Å²) < 4.78 is 0. The van der Waals surface area contributed by atoms with E-state index in [1.807, 2.05) is 31.2 Å². The highest BCUT2D eigenvalue weighted by Crippen LogP contribution is 2.24. The van der Waals surface area contributed by atoms with E-state index in [-0.39, 0.29) is 24.0 Å². The van der Waals surface area contributed by atoms with Crippen LogP contribution in [0.25, 0.3) is 0 Å². The maximum atomic E-state index is 10.4. The van der Waals surface area contributed by atoms with Crippen molar-refractivity contribution < 1.29 is 5.11 Å². The summed E-state index contributed by atoms with van der Waals surface area (Å²) in [5.74, 6) is 0.791. The molecule has 5 nitrogen and oxygen atoms in total. The van der Waals surface area contributed by atoms with Crippen molar-refractivity contribution in [2.24, 2.45) is 4.99 Å². The SMILES string of the molecule is CCNC(=NCC(O)c1cccc(C)c1)NC1CCN(c2cccs2)CC1.I. The van der Waals surface area contributed by atoms with E-state index in [1.165, 1.54) is 5.00 Å². The van der Waals surface area contributed by atoms with E-state index in [1.54, 1.807) is 11.3 Å². The Labute approximate surface area is 189 Å². The van der Waals surface area contributed by atoms with Crippen molar-refractivity contribution in [2.75, 3.05) is 31.1 Å². The van der Waals surface area contributed by atoms with E-state index in [0.717, 1.165) is 49.6 Å². The highest BCUT2D eigenvalue weighted by Gasteiger charge is 2.20. The lowest BCUT2D eigenvalue weighted by molar-refractivity contribution is 0.187. The van der Waals surface area contributed by atoms with Gasteiger partial charge in [0.2, 0.25) is 0 Å². The number of aliphatic hydroxyl groups excluding tert-OH is 1. The molecule has 1 aliphatic rings. The zero-order valence-corrected chi connectivity index (χ0v) is 19.7. The van der Waals surface area contributed by atoms with Crippen molar-refractivity contribution in [3.63, 3.8) is 0 Å². The fraction of sp³-hybridized carbons (Fsp3) is 0.476. The molecule has 154 valence electrons. The summed E-state index contributed by atoms with van der Waals surface area (Å²) in [6, 6.07) is 12.7. The molecule has 2 aromatic rings. The number of halogens is 1. The monoisotopic (exact) mass is 514 g/mol. The van der Waals surface area contributed by atoms with Crippen molar-refractivity contribution in [3.8, 4) is 0 Å². The van der Waals surface area contributed by atoms with Gasteiger partial charge in [0.15, 0.2) is 5.96 Å². The zero-order chi connectivity index (χ0) is 19.1. The van der Waals surface area contributed by atoms with Crippen LogP contribution in [-0.2, 0) is 0 Å². The van der Waals surface area contributed by atoms with Gasteiger partial charge >= 0.3 is 0 Å². The summed E-state index contributed by atoms with van der Waals surface area (Å²) in [6.07, 6.45) is 1.59. The van der Waals surface area contributed by atoms with Crippen LogP contribution in [0, 0.1) is 6.92 Å². The van der Waals surface area contributed by atoms with E-state index < -0.39 is 6.10 Å². The van der Waals surface area contributed by atoms with Crippen LogP contribution in [-0.4, -0.2) is 43.3 Å². The number of aryl methyl sites for hydroxylation is 1. The van der Waals surface area contributed by atoms with Crippen LogP contribution in [0.3, 0.4) is 0 Å². The van der Waals surface area contributed by atoms with Crippen LogP contribution in [0.5, 0.6) is 0 Å². The first-order valence-electron chi connectivity index (χ1n) is 9.73. The molecule has 3 N–H and O–H groups in total. The molecule has 0 saturated carbocycles. The lowest BCUT2D eigenvalue weighted by Crippen LogP contribution is -2.48. The molecule has 0 spiro atoms. The average Bonchev–Trinajstić information content (AvgIpc) is 3.21. The van der Waals surface area contributed by atoms with Crippen LogP contribution in [0.1, 0.15) is 37.0 Å². The Morgan fingerprint density at radius 3 is 2.71 bits per heavy atom. The standard InChI is InChI=1S/C21H30N4OS.HI/c1-3-22-21(23-15-19(26)17-7-4-6-16(2)14-17)24-18-9-11-25(12-10-18)20-8-5-13-27-20;/h4-8,13-14,18-19,26H,3,9-12,15H2,1-2H3,(H2,22,23,24);1H. The van der Waals surface area contributed by atoms with Gasteiger partial charge in [-0.2, -0.15) is 0 Å². The molecule has 1 atom stereocenters. The van der Waals surface area contributed by atoms with Crippen LogP contribution in [0.15, 0.2) is 46.8 Å². The number of aliphatic imine (C=N–C) groups is 1. The number of benzene rings is 1. The predicted molar refractivity (Wildman–Crippen MR) is 130 cm³/mol.